The van der Waals surface area contributed by atoms with E-state index in [0.717, 1.165) is 128 Å². The van der Waals surface area contributed by atoms with Gasteiger partial charge in [-0.1, -0.05) is 264 Å². The first-order chi connectivity index (χ1) is 41.2. The number of hydrogen-bond donors (Lipinski definition) is 6. The maximum Gasteiger partial charge on any atom is 0.306 e. The van der Waals surface area contributed by atoms with Gasteiger partial charge in [0.25, 0.3) is 0 Å². The van der Waals surface area contributed by atoms with E-state index in [1.807, 2.05) is 6.08 Å². The standard InChI is InChI=1S/C73H123NO10/c1-4-7-10-13-16-19-22-25-27-29-31-33-35-36-38-40-42-45-48-51-54-57-60-66(77)72(81)74-64(65(76)59-56-53-50-47-44-24-21-18-15-12-9-6-3)63-82-73-71(70(80)69(79)67(62-75)83-73)84-68(78)61-58-55-52-49-46-43-41-39-37-34-32-30-28-26-23-20-17-14-11-8-5-2/h7,10,16-17,19-20,25-28,31-34,36,38,42,45,56,59,64-67,69-71,73,75-77,79-80H,4-6,8-9,11-15,18,21-24,29-30,35,37,39-41,43-44,46-55,57-58,60-63H2,1-3H3,(H,74,81)/b10-7-,19-16-,20-17-,27-25-,28-26-,33-31-,34-32-,38-36-,45-42-,59-56+. The maximum absolute atomic E-state index is 13.5. The lowest BCUT2D eigenvalue weighted by Gasteiger charge is -2.41. The minimum atomic E-state index is -1.63. The maximum atomic E-state index is 13.5. The molecular formula is C73H123NO10. The number of carbonyl (C=O) groups is 2. The van der Waals surface area contributed by atoms with E-state index in [0.29, 0.717) is 12.8 Å². The molecule has 0 saturated carbocycles. The van der Waals surface area contributed by atoms with E-state index in [1.54, 1.807) is 6.08 Å². The van der Waals surface area contributed by atoms with Crippen LogP contribution in [-0.4, -0.2) is 99.6 Å². The molecule has 0 radical (unpaired) electrons. The molecule has 0 aromatic rings. The summed E-state index contributed by atoms with van der Waals surface area (Å²) in [5.41, 5.74) is 0. The number of ether oxygens (including phenoxy) is 3. The average Bonchev–Trinajstić information content (AvgIpc) is 3.55. The van der Waals surface area contributed by atoms with Crippen molar-refractivity contribution in [2.24, 2.45) is 0 Å². The van der Waals surface area contributed by atoms with Crippen molar-refractivity contribution in [3.8, 4) is 0 Å². The van der Waals surface area contributed by atoms with Crippen LogP contribution in [0.25, 0.3) is 0 Å². The third-order valence-electron chi connectivity index (χ3n) is 15.1. The number of allylic oxidation sites excluding steroid dienone is 19. The van der Waals surface area contributed by atoms with Crippen molar-refractivity contribution in [2.75, 3.05) is 13.2 Å². The first-order valence-corrected chi connectivity index (χ1v) is 33.8. The van der Waals surface area contributed by atoms with Gasteiger partial charge in [0.15, 0.2) is 12.4 Å². The SMILES string of the molecule is CC/C=C\C/C=C\C/C=C\C/C=C\C/C=C\C/C=C\CCCCCC(O)C(=O)NC(COC1OC(CO)C(O)C(O)C1OC(=O)CCCCCCCCCC/C=C\C/C=C\C/C=C\CCCCC)C(O)/C=C/CCCCCCCCCCCC. The van der Waals surface area contributed by atoms with Crippen LogP contribution >= 0.6 is 0 Å². The number of aliphatic hydroxyl groups excluding tert-OH is 5. The van der Waals surface area contributed by atoms with Gasteiger partial charge in [-0.15, -0.1) is 0 Å². The summed E-state index contributed by atoms with van der Waals surface area (Å²) >= 11 is 0. The summed E-state index contributed by atoms with van der Waals surface area (Å²) in [5, 5.41) is 57.1. The Kier molecular flexibility index (Phi) is 55.2. The van der Waals surface area contributed by atoms with Crippen LogP contribution in [0.1, 0.15) is 265 Å². The zero-order valence-corrected chi connectivity index (χ0v) is 53.2. The second-order valence-electron chi connectivity index (χ2n) is 22.8. The predicted octanol–water partition coefficient (Wildman–Crippen LogP) is 17.0. The Morgan fingerprint density at radius 3 is 1.31 bits per heavy atom. The van der Waals surface area contributed by atoms with E-state index >= 15 is 0 Å². The molecule has 8 unspecified atom stereocenters. The van der Waals surface area contributed by atoms with Crippen molar-refractivity contribution in [1.29, 1.82) is 0 Å². The monoisotopic (exact) mass is 1170 g/mol. The van der Waals surface area contributed by atoms with Gasteiger partial charge in [0, 0.05) is 6.42 Å². The molecule has 0 aliphatic carbocycles. The third kappa shape index (κ3) is 46.3. The van der Waals surface area contributed by atoms with Gasteiger partial charge in [-0.25, -0.2) is 0 Å². The van der Waals surface area contributed by atoms with E-state index < -0.39 is 67.4 Å². The number of carbonyl (C=O) groups excluding carboxylic acids is 2. The van der Waals surface area contributed by atoms with Crippen molar-refractivity contribution in [3.63, 3.8) is 0 Å². The molecule has 1 aliphatic rings. The number of aliphatic hydroxyl groups is 5. The molecule has 1 aliphatic heterocycles. The van der Waals surface area contributed by atoms with E-state index in [-0.39, 0.29) is 19.4 Å². The van der Waals surface area contributed by atoms with Crippen LogP contribution in [0, 0.1) is 0 Å². The molecule has 1 heterocycles. The summed E-state index contributed by atoms with van der Waals surface area (Å²) < 4.78 is 17.6. The predicted molar refractivity (Wildman–Crippen MR) is 351 cm³/mol. The largest absolute Gasteiger partial charge is 0.454 e. The normalized spacial score (nSPS) is 19.3. The molecule has 1 amide bonds. The van der Waals surface area contributed by atoms with Crippen LogP contribution in [0.4, 0.5) is 0 Å². The molecule has 11 heteroatoms. The van der Waals surface area contributed by atoms with E-state index in [1.165, 1.54) is 89.9 Å². The quantitative estimate of drug-likeness (QED) is 0.0195. The van der Waals surface area contributed by atoms with Gasteiger partial charge in [0.1, 0.15) is 24.4 Å². The molecule has 84 heavy (non-hydrogen) atoms. The molecule has 1 saturated heterocycles. The molecule has 1 rings (SSSR count). The van der Waals surface area contributed by atoms with E-state index in [4.69, 9.17) is 14.2 Å². The zero-order valence-electron chi connectivity index (χ0n) is 53.2. The van der Waals surface area contributed by atoms with Crippen molar-refractivity contribution in [3.05, 3.63) is 122 Å². The number of hydrogen-bond acceptors (Lipinski definition) is 10. The van der Waals surface area contributed by atoms with Gasteiger partial charge in [0.2, 0.25) is 5.91 Å². The fourth-order valence-corrected chi connectivity index (χ4v) is 9.78. The molecule has 0 bridgehead atoms. The lowest BCUT2D eigenvalue weighted by molar-refractivity contribution is -0.305. The highest BCUT2D eigenvalue weighted by Crippen LogP contribution is 2.26. The molecule has 0 aromatic carbocycles. The lowest BCUT2D eigenvalue weighted by atomic mass is 9.99. The van der Waals surface area contributed by atoms with Gasteiger partial charge < -0.3 is 45.1 Å². The molecular weight excluding hydrogens is 1050 g/mol. The Hall–Kier alpha value is -3.94. The second kappa shape index (κ2) is 59.4. The molecule has 8 atom stereocenters. The number of rotatable bonds is 56. The smallest absolute Gasteiger partial charge is 0.306 e. The number of amides is 1. The average molecular weight is 1170 g/mol. The van der Waals surface area contributed by atoms with Crippen LogP contribution < -0.4 is 5.32 Å². The van der Waals surface area contributed by atoms with Gasteiger partial charge in [-0.3, -0.25) is 9.59 Å². The Bertz CT molecular complexity index is 1830. The van der Waals surface area contributed by atoms with Crippen molar-refractivity contribution in [1.82, 2.24) is 5.32 Å². The molecule has 6 N–H and O–H groups in total. The minimum absolute atomic E-state index is 0.106. The Morgan fingerprint density at radius 1 is 0.476 bits per heavy atom. The van der Waals surface area contributed by atoms with Crippen LogP contribution in [0.3, 0.4) is 0 Å². The number of esters is 1. The lowest BCUT2D eigenvalue weighted by Crippen LogP contribution is -2.61. The van der Waals surface area contributed by atoms with E-state index in [9.17, 15) is 35.1 Å². The summed E-state index contributed by atoms with van der Waals surface area (Å²) in [6.45, 7) is 5.63. The third-order valence-corrected chi connectivity index (χ3v) is 15.1. The number of nitrogens with one attached hydrogen (secondary N) is 1. The zero-order chi connectivity index (χ0) is 61.0. The minimum Gasteiger partial charge on any atom is -0.454 e. The first kappa shape index (κ1) is 78.1. The highest BCUT2D eigenvalue weighted by molar-refractivity contribution is 5.80. The summed E-state index contributed by atoms with van der Waals surface area (Å²) in [6.07, 6.45) is 72.2. The van der Waals surface area contributed by atoms with Crippen molar-refractivity contribution >= 4 is 11.9 Å². The summed E-state index contributed by atoms with van der Waals surface area (Å²) in [6, 6.07) is -1.05. The van der Waals surface area contributed by atoms with Gasteiger partial charge in [0.05, 0.1) is 25.4 Å². The second-order valence-corrected chi connectivity index (χ2v) is 22.8. The van der Waals surface area contributed by atoms with Gasteiger partial charge in [-0.05, 0) is 116 Å². The Labute approximate surface area is 512 Å². The topological polar surface area (TPSA) is 175 Å². The van der Waals surface area contributed by atoms with Gasteiger partial charge >= 0.3 is 5.97 Å². The van der Waals surface area contributed by atoms with Crippen LogP contribution in [0.2, 0.25) is 0 Å². The molecule has 0 aromatic heterocycles. The summed E-state index contributed by atoms with van der Waals surface area (Å²) in [5.74, 6) is -1.23. The Balaban J connectivity index is 2.66. The molecule has 480 valence electrons. The Morgan fingerprint density at radius 2 is 0.857 bits per heavy atom. The summed E-state index contributed by atoms with van der Waals surface area (Å²) in [4.78, 5) is 26.6. The van der Waals surface area contributed by atoms with Crippen molar-refractivity contribution < 1.29 is 49.3 Å². The van der Waals surface area contributed by atoms with Crippen LogP contribution in [0.15, 0.2) is 122 Å². The van der Waals surface area contributed by atoms with Crippen molar-refractivity contribution in [2.45, 2.75) is 314 Å². The number of unbranched alkanes of at least 4 members (excludes halogenated alkanes) is 24. The summed E-state index contributed by atoms with van der Waals surface area (Å²) in [7, 11) is 0. The molecule has 11 nitrogen and oxygen atoms in total. The molecule has 0 spiro atoms. The molecule has 1 fully saturated rings. The highest BCUT2D eigenvalue weighted by Gasteiger charge is 2.47. The fraction of sp³-hybridized carbons (Fsp3) is 0.699. The highest BCUT2D eigenvalue weighted by atomic mass is 16.7. The van der Waals surface area contributed by atoms with Gasteiger partial charge in [-0.2, -0.15) is 0 Å². The van der Waals surface area contributed by atoms with Crippen LogP contribution in [-0.2, 0) is 23.8 Å². The fourth-order valence-electron chi connectivity index (χ4n) is 9.78. The van der Waals surface area contributed by atoms with E-state index in [2.05, 4.69) is 135 Å². The first-order valence-electron chi connectivity index (χ1n) is 33.8. The van der Waals surface area contributed by atoms with Crippen LogP contribution in [0.5, 0.6) is 0 Å².